The average molecular weight is 257 g/mol. The highest BCUT2D eigenvalue weighted by Gasteiger charge is 2.08. The molecule has 5 heteroatoms. The molecule has 94 valence electrons. The second-order valence-corrected chi connectivity index (χ2v) is 4.10. The van der Waals surface area contributed by atoms with Gasteiger partial charge in [-0.25, -0.2) is 4.79 Å². The highest BCUT2D eigenvalue weighted by molar-refractivity contribution is 6.30. The number of halogens is 1. The van der Waals surface area contributed by atoms with Crippen molar-refractivity contribution in [1.82, 2.24) is 10.6 Å². The molecule has 17 heavy (non-hydrogen) atoms. The number of ether oxygens (including phenoxy) is 1. The van der Waals surface area contributed by atoms with E-state index in [-0.39, 0.29) is 12.1 Å². The molecule has 1 unspecified atom stereocenters. The van der Waals surface area contributed by atoms with Crippen LogP contribution in [0.15, 0.2) is 24.3 Å². The van der Waals surface area contributed by atoms with Gasteiger partial charge in [0.1, 0.15) is 0 Å². The van der Waals surface area contributed by atoms with Crippen molar-refractivity contribution in [3.05, 3.63) is 34.9 Å². The molecule has 0 saturated heterocycles. The van der Waals surface area contributed by atoms with Crippen molar-refractivity contribution < 1.29 is 9.53 Å². The number of amides is 2. The maximum absolute atomic E-state index is 11.5. The maximum atomic E-state index is 11.5. The zero-order valence-electron chi connectivity index (χ0n) is 10.00. The fourth-order valence-corrected chi connectivity index (χ4v) is 1.48. The van der Waals surface area contributed by atoms with Crippen molar-refractivity contribution in [2.75, 3.05) is 20.3 Å². The van der Waals surface area contributed by atoms with Gasteiger partial charge in [0.2, 0.25) is 0 Å². The summed E-state index contributed by atoms with van der Waals surface area (Å²) in [4.78, 5) is 11.5. The lowest BCUT2D eigenvalue weighted by molar-refractivity contribution is 0.195. The van der Waals surface area contributed by atoms with Gasteiger partial charge in [0.15, 0.2) is 0 Å². The van der Waals surface area contributed by atoms with Gasteiger partial charge in [-0.15, -0.1) is 0 Å². The number of nitrogens with one attached hydrogen (secondary N) is 2. The summed E-state index contributed by atoms with van der Waals surface area (Å²) in [6, 6.07) is 7.13. The molecule has 0 radical (unpaired) electrons. The summed E-state index contributed by atoms with van der Waals surface area (Å²) in [6.07, 6.45) is 0. The first kappa shape index (κ1) is 13.8. The average Bonchev–Trinajstić information content (AvgIpc) is 2.30. The lowest BCUT2D eigenvalue weighted by atomic mass is 10.1. The fraction of sp³-hybridized carbons (Fsp3) is 0.417. The number of rotatable bonds is 5. The number of benzene rings is 1. The largest absolute Gasteiger partial charge is 0.383 e. The minimum absolute atomic E-state index is 0.0604. The quantitative estimate of drug-likeness (QED) is 0.795. The second-order valence-electron chi connectivity index (χ2n) is 3.67. The normalized spacial score (nSPS) is 11.9. The standard InChI is InChI=1S/C12H17ClN2O2/c1-9(10-3-5-11(13)6-4-10)15-12(16)14-7-8-17-2/h3-6,9H,7-8H2,1-2H3,(H2,14,15,16). The van der Waals surface area contributed by atoms with Crippen LogP contribution in [0.5, 0.6) is 0 Å². The molecule has 1 atom stereocenters. The Morgan fingerprint density at radius 2 is 2.06 bits per heavy atom. The molecule has 0 bridgehead atoms. The van der Waals surface area contributed by atoms with E-state index in [4.69, 9.17) is 16.3 Å². The van der Waals surface area contributed by atoms with Crippen LogP contribution in [-0.2, 0) is 4.74 Å². The zero-order chi connectivity index (χ0) is 12.7. The van der Waals surface area contributed by atoms with Crippen molar-refractivity contribution in [3.8, 4) is 0 Å². The smallest absolute Gasteiger partial charge is 0.315 e. The predicted octanol–water partition coefficient (Wildman–Crippen LogP) is 2.35. The van der Waals surface area contributed by atoms with Crippen LogP contribution in [0.2, 0.25) is 5.02 Å². The lowest BCUT2D eigenvalue weighted by Crippen LogP contribution is -2.38. The minimum Gasteiger partial charge on any atom is -0.383 e. The molecular formula is C12H17ClN2O2. The first-order valence-electron chi connectivity index (χ1n) is 5.42. The van der Waals surface area contributed by atoms with Crippen molar-refractivity contribution in [1.29, 1.82) is 0 Å². The van der Waals surface area contributed by atoms with Crippen LogP contribution in [0.4, 0.5) is 4.79 Å². The molecule has 0 heterocycles. The summed E-state index contributed by atoms with van der Waals surface area (Å²) in [5, 5.41) is 6.21. The molecule has 4 nitrogen and oxygen atoms in total. The van der Waals surface area contributed by atoms with Gasteiger partial charge in [-0.05, 0) is 24.6 Å². The summed E-state index contributed by atoms with van der Waals surface area (Å²) in [5.74, 6) is 0. The van der Waals surface area contributed by atoms with Crippen LogP contribution in [0, 0.1) is 0 Å². The SMILES string of the molecule is COCCNC(=O)NC(C)c1ccc(Cl)cc1. The van der Waals surface area contributed by atoms with E-state index in [0.29, 0.717) is 18.2 Å². The Balaban J connectivity index is 2.40. The monoisotopic (exact) mass is 256 g/mol. The minimum atomic E-state index is -0.204. The van der Waals surface area contributed by atoms with E-state index in [9.17, 15) is 4.79 Å². The Kier molecular flexibility index (Phi) is 5.80. The van der Waals surface area contributed by atoms with E-state index >= 15 is 0 Å². The zero-order valence-corrected chi connectivity index (χ0v) is 10.8. The van der Waals surface area contributed by atoms with E-state index < -0.39 is 0 Å². The molecule has 2 N–H and O–H groups in total. The summed E-state index contributed by atoms with van der Waals surface area (Å²) in [7, 11) is 1.59. The Hall–Kier alpha value is -1.26. The van der Waals surface area contributed by atoms with E-state index in [0.717, 1.165) is 5.56 Å². The number of methoxy groups -OCH3 is 1. The van der Waals surface area contributed by atoms with Crippen molar-refractivity contribution >= 4 is 17.6 Å². The van der Waals surface area contributed by atoms with Gasteiger partial charge in [0, 0.05) is 18.7 Å². The number of carbonyl (C=O) groups is 1. The predicted molar refractivity (Wildman–Crippen MR) is 68.3 cm³/mol. The Morgan fingerprint density at radius 3 is 2.65 bits per heavy atom. The molecule has 0 aliphatic heterocycles. The van der Waals surface area contributed by atoms with Crippen LogP contribution >= 0.6 is 11.6 Å². The van der Waals surface area contributed by atoms with Gasteiger partial charge in [-0.2, -0.15) is 0 Å². The van der Waals surface area contributed by atoms with Gasteiger partial charge in [-0.3, -0.25) is 0 Å². The van der Waals surface area contributed by atoms with Crippen molar-refractivity contribution in [2.45, 2.75) is 13.0 Å². The summed E-state index contributed by atoms with van der Waals surface area (Å²) < 4.78 is 4.84. The van der Waals surface area contributed by atoms with Gasteiger partial charge in [0.25, 0.3) is 0 Å². The van der Waals surface area contributed by atoms with Crippen LogP contribution < -0.4 is 10.6 Å². The molecule has 2 amide bonds. The number of carbonyl (C=O) groups excluding carboxylic acids is 1. The second kappa shape index (κ2) is 7.14. The summed E-state index contributed by atoms with van der Waals surface area (Å²) in [5.41, 5.74) is 1.01. The lowest BCUT2D eigenvalue weighted by Gasteiger charge is -2.15. The number of urea groups is 1. The topological polar surface area (TPSA) is 50.4 Å². The first-order valence-corrected chi connectivity index (χ1v) is 5.80. The van der Waals surface area contributed by atoms with Crippen molar-refractivity contribution in [3.63, 3.8) is 0 Å². The van der Waals surface area contributed by atoms with Gasteiger partial charge < -0.3 is 15.4 Å². The molecule has 1 aromatic carbocycles. The van der Waals surface area contributed by atoms with Crippen LogP contribution in [-0.4, -0.2) is 26.3 Å². The third kappa shape index (κ3) is 5.06. The fourth-order valence-electron chi connectivity index (χ4n) is 1.35. The van der Waals surface area contributed by atoms with E-state index in [1.165, 1.54) is 0 Å². The summed E-state index contributed by atoms with van der Waals surface area (Å²) in [6.45, 7) is 2.91. The molecule has 0 aromatic heterocycles. The molecule has 1 rings (SSSR count). The molecule has 0 spiro atoms. The number of hydrogen-bond donors (Lipinski definition) is 2. The van der Waals surface area contributed by atoms with E-state index in [1.807, 2.05) is 19.1 Å². The molecular weight excluding hydrogens is 240 g/mol. The maximum Gasteiger partial charge on any atom is 0.315 e. The van der Waals surface area contributed by atoms with Gasteiger partial charge in [0.05, 0.1) is 12.6 Å². The Labute approximate surface area is 106 Å². The van der Waals surface area contributed by atoms with Crippen LogP contribution in [0.3, 0.4) is 0 Å². The Morgan fingerprint density at radius 1 is 1.41 bits per heavy atom. The first-order chi connectivity index (χ1) is 8.13. The van der Waals surface area contributed by atoms with Gasteiger partial charge >= 0.3 is 6.03 Å². The van der Waals surface area contributed by atoms with Crippen molar-refractivity contribution in [2.24, 2.45) is 0 Å². The molecule has 1 aromatic rings. The molecule has 0 saturated carbocycles. The summed E-state index contributed by atoms with van der Waals surface area (Å²) >= 11 is 5.79. The third-order valence-corrected chi connectivity index (χ3v) is 2.56. The highest BCUT2D eigenvalue weighted by Crippen LogP contribution is 2.15. The molecule has 0 fully saturated rings. The Bertz CT molecular complexity index is 354. The van der Waals surface area contributed by atoms with E-state index in [2.05, 4.69) is 10.6 Å². The molecule has 0 aliphatic carbocycles. The third-order valence-electron chi connectivity index (χ3n) is 2.31. The number of hydrogen-bond acceptors (Lipinski definition) is 2. The van der Waals surface area contributed by atoms with Crippen LogP contribution in [0.25, 0.3) is 0 Å². The van der Waals surface area contributed by atoms with Crippen LogP contribution in [0.1, 0.15) is 18.5 Å². The molecule has 0 aliphatic rings. The van der Waals surface area contributed by atoms with E-state index in [1.54, 1.807) is 19.2 Å². The highest BCUT2D eigenvalue weighted by atomic mass is 35.5. The van der Waals surface area contributed by atoms with Gasteiger partial charge in [-0.1, -0.05) is 23.7 Å².